The molecule has 2 aliphatic heterocycles. The van der Waals surface area contributed by atoms with E-state index in [1.165, 1.54) is 0 Å². The predicted molar refractivity (Wildman–Crippen MR) is 203 cm³/mol. The Morgan fingerprint density at radius 2 is 0.700 bits per heavy atom. The zero-order valence-corrected chi connectivity index (χ0v) is 26.9. The van der Waals surface area contributed by atoms with Crippen LogP contribution in [0.3, 0.4) is 0 Å². The summed E-state index contributed by atoms with van der Waals surface area (Å²) < 4.78 is 13.3. The summed E-state index contributed by atoms with van der Waals surface area (Å²) in [6.45, 7) is 0. The van der Waals surface area contributed by atoms with Gasteiger partial charge in [-0.2, -0.15) is 0 Å². The first-order valence-electron chi connectivity index (χ1n) is 16.5. The van der Waals surface area contributed by atoms with Crippen LogP contribution >= 0.6 is 0 Å². The maximum atomic E-state index is 6.63. The van der Waals surface area contributed by atoms with Crippen molar-refractivity contribution in [3.63, 3.8) is 0 Å². The fourth-order valence-corrected chi connectivity index (χ4v) is 6.40. The average molecular weight is 647 g/mol. The number of rotatable bonds is 6. The number of hydrogen-bond donors (Lipinski definition) is 2. The number of nitrogens with zero attached hydrogens (tertiary/aromatic N) is 2. The summed E-state index contributed by atoms with van der Waals surface area (Å²) in [5.74, 6) is 2.68. The monoisotopic (exact) mass is 646 g/mol. The zero-order chi connectivity index (χ0) is 33.3. The van der Waals surface area contributed by atoms with Crippen molar-refractivity contribution >= 4 is 46.4 Å². The molecule has 0 aliphatic carbocycles. The van der Waals surface area contributed by atoms with E-state index in [-0.39, 0.29) is 0 Å². The van der Waals surface area contributed by atoms with E-state index in [4.69, 9.17) is 19.4 Å². The fourth-order valence-electron chi connectivity index (χ4n) is 6.40. The molecule has 0 saturated heterocycles. The first-order valence-corrected chi connectivity index (χ1v) is 16.5. The van der Waals surface area contributed by atoms with Crippen LogP contribution in [0.25, 0.3) is 68.6 Å². The van der Waals surface area contributed by atoms with Gasteiger partial charge in [0.05, 0.1) is 22.4 Å². The van der Waals surface area contributed by atoms with Gasteiger partial charge in [-0.3, -0.25) is 0 Å². The Hall–Kier alpha value is -6.92. The van der Waals surface area contributed by atoms with Crippen molar-refractivity contribution in [3.05, 3.63) is 168 Å². The molecule has 50 heavy (non-hydrogen) atoms. The molecule has 0 fully saturated rings. The number of fused-ring (bicyclic) bond motifs is 8. The van der Waals surface area contributed by atoms with Crippen LogP contribution < -0.4 is 9.47 Å². The van der Waals surface area contributed by atoms with Gasteiger partial charge in [-0.05, 0) is 84.0 Å². The highest BCUT2D eigenvalue weighted by Gasteiger charge is 2.19. The average Bonchev–Trinajstić information content (AvgIpc) is 4.01. The summed E-state index contributed by atoms with van der Waals surface area (Å²) in [6.07, 6.45) is 8.08. The maximum Gasteiger partial charge on any atom is 0.176 e. The van der Waals surface area contributed by atoms with Gasteiger partial charge in [-0.1, -0.05) is 97.1 Å². The molecule has 0 amide bonds. The van der Waals surface area contributed by atoms with Crippen LogP contribution in [-0.2, 0) is 0 Å². The third kappa shape index (κ3) is 5.55. The van der Waals surface area contributed by atoms with Crippen molar-refractivity contribution in [3.8, 4) is 45.3 Å². The Kier molecular flexibility index (Phi) is 7.37. The van der Waals surface area contributed by atoms with Crippen LogP contribution in [0.2, 0.25) is 0 Å². The topological polar surface area (TPSA) is 75.8 Å². The second-order valence-corrected chi connectivity index (χ2v) is 12.0. The van der Waals surface area contributed by atoms with Crippen LogP contribution in [0.5, 0.6) is 23.0 Å². The minimum atomic E-state index is 0.621. The zero-order valence-electron chi connectivity index (χ0n) is 26.9. The third-order valence-corrected chi connectivity index (χ3v) is 8.71. The van der Waals surface area contributed by atoms with Crippen LogP contribution in [0.1, 0.15) is 22.8 Å². The van der Waals surface area contributed by atoms with E-state index in [1.54, 1.807) is 0 Å². The van der Waals surface area contributed by atoms with Crippen molar-refractivity contribution in [2.24, 2.45) is 0 Å². The van der Waals surface area contributed by atoms with E-state index in [0.717, 1.165) is 67.2 Å². The second kappa shape index (κ2) is 12.6. The van der Waals surface area contributed by atoms with Gasteiger partial charge in [0.25, 0.3) is 0 Å². The SMILES string of the molecule is C1=Cc2nc1c(-c1ccccc1)c1nc(c(Oc3ccccc3)c3ccc([nH]3)c(-c3ccccc3)c3ccc([nH]3)c2Oc2ccccc2)C=C1. The van der Waals surface area contributed by atoms with Crippen LogP contribution in [-0.4, -0.2) is 19.9 Å². The summed E-state index contributed by atoms with van der Waals surface area (Å²) in [4.78, 5) is 17.8. The molecule has 0 saturated carbocycles. The van der Waals surface area contributed by atoms with Crippen molar-refractivity contribution in [2.75, 3.05) is 0 Å². The first kappa shape index (κ1) is 29.2. The number of ether oxygens (including phenoxy) is 2. The highest BCUT2D eigenvalue weighted by Crippen LogP contribution is 2.39. The molecule has 5 heterocycles. The molecular formula is C44H30N4O2. The number of nitrogens with one attached hydrogen (secondary N) is 2. The van der Waals surface area contributed by atoms with Crippen LogP contribution in [0.15, 0.2) is 146 Å². The molecular weight excluding hydrogens is 617 g/mol. The summed E-state index contributed by atoms with van der Waals surface area (Å²) in [7, 11) is 0. The Bertz CT molecular complexity index is 2430. The van der Waals surface area contributed by atoms with E-state index in [1.807, 2.05) is 121 Å². The summed E-state index contributed by atoms with van der Waals surface area (Å²) in [5, 5.41) is 0. The number of para-hydroxylation sites is 2. The molecule has 0 unspecified atom stereocenters. The highest BCUT2D eigenvalue weighted by molar-refractivity contribution is 5.96. The minimum absolute atomic E-state index is 0.621. The molecule has 0 spiro atoms. The van der Waals surface area contributed by atoms with Crippen molar-refractivity contribution in [1.82, 2.24) is 19.9 Å². The molecule has 0 radical (unpaired) electrons. The molecule has 2 aliphatic rings. The lowest BCUT2D eigenvalue weighted by Crippen LogP contribution is -1.92. The number of H-pyrrole nitrogens is 2. The molecule has 4 aromatic carbocycles. The Balaban J connectivity index is 1.42. The molecule has 238 valence electrons. The smallest absolute Gasteiger partial charge is 0.176 e. The number of benzene rings is 4. The number of hydrogen-bond acceptors (Lipinski definition) is 4. The molecule has 6 nitrogen and oxygen atoms in total. The summed E-state index contributed by atoms with van der Waals surface area (Å²) in [5.41, 5.74) is 10.4. The van der Waals surface area contributed by atoms with E-state index in [9.17, 15) is 0 Å². The van der Waals surface area contributed by atoms with E-state index in [2.05, 4.69) is 58.5 Å². The lowest BCUT2D eigenvalue weighted by atomic mass is 10.0. The van der Waals surface area contributed by atoms with Gasteiger partial charge >= 0.3 is 0 Å². The molecule has 6 heteroatoms. The summed E-state index contributed by atoms with van der Waals surface area (Å²) >= 11 is 0. The van der Waals surface area contributed by atoms with E-state index in [0.29, 0.717) is 22.9 Å². The van der Waals surface area contributed by atoms with Gasteiger partial charge in [-0.15, -0.1) is 0 Å². The fraction of sp³-hybridized carbons (Fsp3) is 0. The first-order chi connectivity index (χ1) is 24.8. The van der Waals surface area contributed by atoms with Gasteiger partial charge in [-0.25, -0.2) is 9.97 Å². The molecule has 9 rings (SSSR count). The maximum absolute atomic E-state index is 6.63. The standard InChI is InChI=1S/C44H30N4O2/c1-5-13-29(14-6-1)41-33-21-25-37(45-33)43(49-31-17-9-3-10-18-31)39-27-23-35(47-39)42(30-15-7-2-8-16-30)36-24-28-40(48-36)44(38-26-22-34(41)46-38)50-32-19-11-4-12-20-32/h1-28,45-46H. The van der Waals surface area contributed by atoms with Crippen molar-refractivity contribution in [1.29, 1.82) is 0 Å². The molecule has 3 aromatic heterocycles. The van der Waals surface area contributed by atoms with E-state index < -0.39 is 0 Å². The Morgan fingerprint density at radius 3 is 1.14 bits per heavy atom. The van der Waals surface area contributed by atoms with Gasteiger partial charge in [0, 0.05) is 22.2 Å². The Labute approximate surface area is 288 Å². The number of aromatic nitrogens is 4. The molecule has 7 aromatic rings. The molecule has 8 bridgehead atoms. The summed E-state index contributed by atoms with van der Waals surface area (Å²) in [6, 6.07) is 48.5. The quantitative estimate of drug-likeness (QED) is 0.188. The number of aromatic amines is 2. The highest BCUT2D eigenvalue weighted by atomic mass is 16.5. The van der Waals surface area contributed by atoms with E-state index >= 15 is 0 Å². The minimum Gasteiger partial charge on any atom is -0.453 e. The lowest BCUT2D eigenvalue weighted by Gasteiger charge is -2.08. The van der Waals surface area contributed by atoms with Gasteiger partial charge < -0.3 is 19.4 Å². The lowest BCUT2D eigenvalue weighted by molar-refractivity contribution is 0.484. The Morgan fingerprint density at radius 1 is 0.340 bits per heavy atom. The largest absolute Gasteiger partial charge is 0.453 e. The second-order valence-electron chi connectivity index (χ2n) is 12.0. The van der Waals surface area contributed by atoms with Crippen LogP contribution in [0.4, 0.5) is 0 Å². The third-order valence-electron chi connectivity index (χ3n) is 8.71. The van der Waals surface area contributed by atoms with Crippen molar-refractivity contribution in [2.45, 2.75) is 0 Å². The van der Waals surface area contributed by atoms with Crippen LogP contribution in [0, 0.1) is 0 Å². The van der Waals surface area contributed by atoms with Crippen molar-refractivity contribution < 1.29 is 9.47 Å². The van der Waals surface area contributed by atoms with Gasteiger partial charge in [0.2, 0.25) is 0 Å². The van der Waals surface area contributed by atoms with Gasteiger partial charge in [0.1, 0.15) is 22.9 Å². The predicted octanol–water partition coefficient (Wildman–Crippen LogP) is 11.6. The van der Waals surface area contributed by atoms with Gasteiger partial charge in [0.15, 0.2) is 11.5 Å². The normalized spacial score (nSPS) is 11.8. The molecule has 0 atom stereocenters. The molecule has 2 N–H and O–H groups in total.